The Kier molecular flexibility index (Phi) is 5.37. The molecule has 1 fully saturated rings. The molecule has 3 unspecified atom stereocenters. The fraction of sp³-hybridized carbons (Fsp3) is 0.818. The monoisotopic (exact) mass is 243 g/mol. The molecule has 2 amide bonds. The van der Waals surface area contributed by atoms with Crippen molar-refractivity contribution >= 4 is 11.8 Å². The molecule has 1 heterocycles. The van der Waals surface area contributed by atoms with Crippen LogP contribution in [0.25, 0.3) is 0 Å². The topological polar surface area (TPSA) is 107 Å². The third kappa shape index (κ3) is 4.32. The lowest BCUT2D eigenvalue weighted by atomic mass is 9.99. The average Bonchev–Trinajstić information content (AvgIpc) is 2.72. The highest BCUT2D eigenvalue weighted by Crippen LogP contribution is 2.22. The van der Waals surface area contributed by atoms with Crippen LogP contribution in [0, 0.1) is 5.92 Å². The van der Waals surface area contributed by atoms with E-state index in [-0.39, 0.29) is 18.4 Å². The molecular formula is C11H21N3O3. The second-order valence-electron chi connectivity index (χ2n) is 4.39. The van der Waals surface area contributed by atoms with Gasteiger partial charge in [-0.15, -0.1) is 0 Å². The summed E-state index contributed by atoms with van der Waals surface area (Å²) in [5.74, 6) is -0.557. The third-order valence-corrected chi connectivity index (χ3v) is 3.05. The van der Waals surface area contributed by atoms with Gasteiger partial charge in [-0.1, -0.05) is 6.92 Å². The van der Waals surface area contributed by atoms with E-state index in [9.17, 15) is 9.59 Å². The second-order valence-corrected chi connectivity index (χ2v) is 4.39. The van der Waals surface area contributed by atoms with E-state index in [4.69, 9.17) is 16.2 Å². The van der Waals surface area contributed by atoms with Crippen LogP contribution in [0.5, 0.6) is 0 Å². The maximum absolute atomic E-state index is 11.5. The number of rotatable bonds is 6. The molecule has 0 aromatic heterocycles. The van der Waals surface area contributed by atoms with Gasteiger partial charge in [0.05, 0.1) is 18.6 Å². The molecule has 0 aromatic carbocycles. The molecule has 0 radical (unpaired) electrons. The Balaban J connectivity index is 2.30. The van der Waals surface area contributed by atoms with Gasteiger partial charge in [0.1, 0.15) is 0 Å². The summed E-state index contributed by atoms with van der Waals surface area (Å²) in [7, 11) is 0. The van der Waals surface area contributed by atoms with E-state index in [2.05, 4.69) is 12.2 Å². The van der Waals surface area contributed by atoms with E-state index in [1.165, 1.54) is 0 Å². The zero-order valence-corrected chi connectivity index (χ0v) is 10.1. The quantitative estimate of drug-likeness (QED) is 0.563. The molecule has 0 spiro atoms. The van der Waals surface area contributed by atoms with Gasteiger partial charge in [-0.2, -0.15) is 0 Å². The lowest BCUT2D eigenvalue weighted by Gasteiger charge is -2.18. The molecule has 5 N–H and O–H groups in total. The zero-order chi connectivity index (χ0) is 12.8. The Hall–Kier alpha value is -1.14. The van der Waals surface area contributed by atoms with E-state index in [1.54, 1.807) is 0 Å². The van der Waals surface area contributed by atoms with E-state index in [1.807, 2.05) is 0 Å². The first-order valence-corrected chi connectivity index (χ1v) is 5.97. The molecule has 1 aliphatic heterocycles. The summed E-state index contributed by atoms with van der Waals surface area (Å²) in [4.78, 5) is 22.2. The molecule has 1 saturated heterocycles. The predicted octanol–water partition coefficient (Wildman–Crippen LogP) is -0.880. The van der Waals surface area contributed by atoms with Crippen molar-refractivity contribution in [3.05, 3.63) is 0 Å². The lowest BCUT2D eigenvalue weighted by molar-refractivity contribution is -0.126. The van der Waals surface area contributed by atoms with Crippen LogP contribution in [0.2, 0.25) is 0 Å². The first kappa shape index (κ1) is 13.9. The summed E-state index contributed by atoms with van der Waals surface area (Å²) in [5, 5.41) is 2.74. The van der Waals surface area contributed by atoms with E-state index < -0.39 is 11.9 Å². The van der Waals surface area contributed by atoms with Crippen LogP contribution in [0.1, 0.15) is 26.2 Å². The summed E-state index contributed by atoms with van der Waals surface area (Å²) >= 11 is 0. The summed E-state index contributed by atoms with van der Waals surface area (Å²) in [6.45, 7) is 3.35. The Bertz CT molecular complexity index is 283. The molecule has 6 nitrogen and oxygen atoms in total. The van der Waals surface area contributed by atoms with Gasteiger partial charge in [-0.25, -0.2) is 0 Å². The van der Waals surface area contributed by atoms with Crippen molar-refractivity contribution in [2.75, 3.05) is 13.2 Å². The standard InChI is InChI=1S/C11H21N3O3/c1-2-9-7(3-4-17-9)6-14-11(16)8(12)5-10(13)15/h7-9H,2-6,12H2,1H3,(H2,13,15)(H,14,16). The van der Waals surface area contributed by atoms with Gasteiger partial charge in [-0.05, 0) is 12.8 Å². The van der Waals surface area contributed by atoms with Gasteiger partial charge in [0.25, 0.3) is 0 Å². The number of nitrogens with two attached hydrogens (primary N) is 2. The van der Waals surface area contributed by atoms with Crippen LogP contribution in [0.4, 0.5) is 0 Å². The van der Waals surface area contributed by atoms with Crippen molar-refractivity contribution in [1.29, 1.82) is 0 Å². The number of primary amides is 1. The first-order chi connectivity index (χ1) is 8.04. The van der Waals surface area contributed by atoms with Gasteiger partial charge in [0.15, 0.2) is 0 Å². The summed E-state index contributed by atoms with van der Waals surface area (Å²) < 4.78 is 5.52. The number of nitrogens with one attached hydrogen (secondary N) is 1. The van der Waals surface area contributed by atoms with Gasteiger partial charge in [0, 0.05) is 19.1 Å². The molecule has 98 valence electrons. The molecule has 3 atom stereocenters. The fourth-order valence-corrected chi connectivity index (χ4v) is 2.05. The van der Waals surface area contributed by atoms with E-state index in [0.717, 1.165) is 19.4 Å². The Morgan fingerprint density at radius 3 is 2.82 bits per heavy atom. The Morgan fingerprint density at radius 1 is 1.53 bits per heavy atom. The first-order valence-electron chi connectivity index (χ1n) is 5.97. The average molecular weight is 243 g/mol. The minimum atomic E-state index is -0.852. The highest BCUT2D eigenvalue weighted by Gasteiger charge is 2.27. The number of hydrogen-bond acceptors (Lipinski definition) is 4. The van der Waals surface area contributed by atoms with Crippen molar-refractivity contribution in [2.45, 2.75) is 38.3 Å². The van der Waals surface area contributed by atoms with Crippen LogP contribution >= 0.6 is 0 Å². The largest absolute Gasteiger partial charge is 0.378 e. The molecule has 0 aliphatic carbocycles. The molecular weight excluding hydrogens is 222 g/mol. The van der Waals surface area contributed by atoms with Crippen molar-refractivity contribution in [3.63, 3.8) is 0 Å². The smallest absolute Gasteiger partial charge is 0.237 e. The molecule has 17 heavy (non-hydrogen) atoms. The predicted molar refractivity (Wildman–Crippen MR) is 62.9 cm³/mol. The SMILES string of the molecule is CCC1OCCC1CNC(=O)C(N)CC(N)=O. The minimum Gasteiger partial charge on any atom is -0.378 e. The fourth-order valence-electron chi connectivity index (χ4n) is 2.05. The maximum atomic E-state index is 11.5. The highest BCUT2D eigenvalue weighted by atomic mass is 16.5. The maximum Gasteiger partial charge on any atom is 0.237 e. The second kappa shape index (κ2) is 6.56. The molecule has 0 bridgehead atoms. The number of ether oxygens (including phenoxy) is 1. The molecule has 1 rings (SSSR count). The molecule has 0 saturated carbocycles. The summed E-state index contributed by atoms with van der Waals surface area (Å²) in [6, 6.07) is -0.852. The highest BCUT2D eigenvalue weighted by molar-refractivity contribution is 5.87. The lowest BCUT2D eigenvalue weighted by Crippen LogP contribution is -2.45. The molecule has 1 aliphatic rings. The number of carbonyl (C=O) groups excluding carboxylic acids is 2. The summed E-state index contributed by atoms with van der Waals surface area (Å²) in [6.07, 6.45) is 1.98. The van der Waals surface area contributed by atoms with E-state index in [0.29, 0.717) is 12.5 Å². The number of hydrogen-bond donors (Lipinski definition) is 3. The van der Waals surface area contributed by atoms with Gasteiger partial charge < -0.3 is 21.5 Å². The van der Waals surface area contributed by atoms with E-state index >= 15 is 0 Å². The van der Waals surface area contributed by atoms with Crippen LogP contribution in [0.15, 0.2) is 0 Å². The van der Waals surface area contributed by atoms with Gasteiger partial charge in [-0.3, -0.25) is 9.59 Å². The van der Waals surface area contributed by atoms with Crippen molar-refractivity contribution < 1.29 is 14.3 Å². The van der Waals surface area contributed by atoms with Crippen molar-refractivity contribution in [2.24, 2.45) is 17.4 Å². The molecule has 0 aromatic rings. The van der Waals surface area contributed by atoms with Crippen LogP contribution in [0.3, 0.4) is 0 Å². The van der Waals surface area contributed by atoms with Crippen LogP contribution in [-0.4, -0.2) is 37.1 Å². The molecule has 6 heteroatoms. The van der Waals surface area contributed by atoms with Crippen LogP contribution in [-0.2, 0) is 14.3 Å². The number of amides is 2. The Labute approximate surface area is 101 Å². The van der Waals surface area contributed by atoms with Gasteiger partial charge >= 0.3 is 0 Å². The van der Waals surface area contributed by atoms with Crippen molar-refractivity contribution in [3.8, 4) is 0 Å². The minimum absolute atomic E-state index is 0.121. The number of carbonyl (C=O) groups is 2. The normalized spacial score (nSPS) is 25.5. The van der Waals surface area contributed by atoms with Crippen molar-refractivity contribution in [1.82, 2.24) is 5.32 Å². The zero-order valence-electron chi connectivity index (χ0n) is 10.1. The van der Waals surface area contributed by atoms with Gasteiger partial charge in [0.2, 0.25) is 11.8 Å². The van der Waals surface area contributed by atoms with Crippen LogP contribution < -0.4 is 16.8 Å². The summed E-state index contributed by atoms with van der Waals surface area (Å²) in [5.41, 5.74) is 10.5. The third-order valence-electron chi connectivity index (χ3n) is 3.05. The Morgan fingerprint density at radius 2 is 2.24 bits per heavy atom.